The number of benzene rings is 2. The molecule has 4 N–H and O–H groups in total. The average molecular weight is 583 g/mol. The number of carbonyl (C=O) groups is 2. The highest BCUT2D eigenvalue weighted by Crippen LogP contribution is 2.38. The third-order valence-corrected chi connectivity index (χ3v) is 8.31. The lowest BCUT2D eigenvalue weighted by molar-refractivity contribution is -0.132. The van der Waals surface area contributed by atoms with Crippen LogP contribution in [0.2, 0.25) is 0 Å². The van der Waals surface area contributed by atoms with E-state index in [-0.39, 0.29) is 17.9 Å². The number of hydrogen-bond donors (Lipinski definition) is 4. The lowest BCUT2D eigenvalue weighted by atomic mass is 9.79. The van der Waals surface area contributed by atoms with Gasteiger partial charge in [0, 0.05) is 17.6 Å². The number of unbranched alkanes of at least 4 members (excludes halogenated alkanes) is 1. The molecule has 1 atom stereocenters. The van der Waals surface area contributed by atoms with Crippen LogP contribution in [0.3, 0.4) is 0 Å². The van der Waals surface area contributed by atoms with Crippen LogP contribution in [0.5, 0.6) is 0 Å². The Bertz CT molecular complexity index is 1120. The summed E-state index contributed by atoms with van der Waals surface area (Å²) in [7, 11) is 0. The van der Waals surface area contributed by atoms with Crippen molar-refractivity contribution in [2.24, 2.45) is 5.92 Å². The molecule has 2 aromatic carbocycles. The minimum absolute atomic E-state index is 0.0640. The quantitative estimate of drug-likeness (QED) is 0.239. The molecule has 1 saturated carbocycles. The third-order valence-electron chi connectivity index (χ3n) is 7.81. The molecule has 1 aliphatic heterocycles. The molecule has 1 saturated heterocycles. The molecule has 0 radical (unpaired) electrons. The fourth-order valence-corrected chi connectivity index (χ4v) is 5.93. The van der Waals surface area contributed by atoms with Crippen molar-refractivity contribution in [1.82, 2.24) is 20.9 Å². The maximum Gasteiger partial charge on any atom is 0.315 e. The molecule has 0 spiro atoms. The fraction of sp³-hybridized carbons (Fsp3) is 0.500. The average Bonchev–Trinajstić information content (AvgIpc) is 3.17. The van der Waals surface area contributed by atoms with Crippen LogP contribution in [-0.4, -0.2) is 29.3 Å². The number of hydrogen-bond acceptors (Lipinski definition) is 3. The molecular weight excluding hydrogens is 542 g/mol. The number of amides is 3. The molecule has 4 rings (SSSR count). The van der Waals surface area contributed by atoms with Gasteiger partial charge in [0.05, 0.1) is 6.54 Å². The largest absolute Gasteiger partial charge is 0.338 e. The Morgan fingerprint density at radius 2 is 1.84 bits per heavy atom. The minimum atomic E-state index is -0.923. The van der Waals surface area contributed by atoms with Crippen LogP contribution in [0.4, 0.5) is 4.79 Å². The molecule has 3 amide bonds. The van der Waals surface area contributed by atoms with Gasteiger partial charge in [-0.25, -0.2) is 4.79 Å². The smallest absolute Gasteiger partial charge is 0.315 e. The van der Waals surface area contributed by atoms with Crippen molar-refractivity contribution in [1.29, 1.82) is 5.41 Å². The van der Waals surface area contributed by atoms with Gasteiger partial charge < -0.3 is 16.0 Å². The molecule has 8 heteroatoms. The Morgan fingerprint density at radius 3 is 2.55 bits per heavy atom. The molecule has 0 bridgehead atoms. The van der Waals surface area contributed by atoms with E-state index in [0.29, 0.717) is 32.0 Å². The van der Waals surface area contributed by atoms with Gasteiger partial charge in [0.15, 0.2) is 5.96 Å². The van der Waals surface area contributed by atoms with E-state index >= 15 is 0 Å². The molecule has 0 aromatic heterocycles. The van der Waals surface area contributed by atoms with Crippen molar-refractivity contribution in [3.63, 3.8) is 0 Å². The molecule has 7 nitrogen and oxygen atoms in total. The first kappa shape index (κ1) is 28.1. The van der Waals surface area contributed by atoms with Crippen molar-refractivity contribution >= 4 is 33.8 Å². The summed E-state index contributed by atoms with van der Waals surface area (Å²) in [5, 5.41) is 17.8. The number of carbonyl (C=O) groups excluding carboxylic acids is 2. The van der Waals surface area contributed by atoms with Crippen molar-refractivity contribution < 1.29 is 9.59 Å². The van der Waals surface area contributed by atoms with E-state index in [4.69, 9.17) is 5.41 Å². The minimum Gasteiger partial charge on any atom is -0.338 e. The van der Waals surface area contributed by atoms with Gasteiger partial charge >= 0.3 is 6.03 Å². The number of halogens is 1. The highest BCUT2D eigenvalue weighted by molar-refractivity contribution is 9.10. The van der Waals surface area contributed by atoms with Crippen molar-refractivity contribution in [3.8, 4) is 0 Å². The Balaban J connectivity index is 1.43. The Kier molecular flexibility index (Phi) is 9.83. The van der Waals surface area contributed by atoms with E-state index in [1.807, 2.05) is 48.5 Å². The predicted molar refractivity (Wildman–Crippen MR) is 155 cm³/mol. The summed E-state index contributed by atoms with van der Waals surface area (Å²) in [6, 6.07) is 15.6. The third kappa shape index (κ3) is 6.95. The van der Waals surface area contributed by atoms with Gasteiger partial charge in [-0.2, -0.15) is 0 Å². The summed E-state index contributed by atoms with van der Waals surface area (Å²) in [6.45, 7) is 3.53. The second-order valence-corrected chi connectivity index (χ2v) is 11.5. The van der Waals surface area contributed by atoms with Crippen LogP contribution in [0, 0.1) is 11.3 Å². The molecule has 2 aliphatic rings. The van der Waals surface area contributed by atoms with E-state index in [1.165, 1.54) is 32.1 Å². The summed E-state index contributed by atoms with van der Waals surface area (Å²) in [5.74, 6) is 0.722. The Morgan fingerprint density at radius 1 is 1.11 bits per heavy atom. The van der Waals surface area contributed by atoms with Gasteiger partial charge in [0.2, 0.25) is 0 Å². The number of guanidine groups is 1. The number of nitrogens with zero attached hydrogens (tertiary/aromatic N) is 1. The van der Waals surface area contributed by atoms with Crippen LogP contribution in [0.1, 0.15) is 81.4 Å². The number of urea groups is 1. The Labute approximate surface area is 234 Å². The highest BCUT2D eigenvalue weighted by atomic mass is 79.9. The predicted octanol–water partition coefficient (Wildman–Crippen LogP) is 6.17. The van der Waals surface area contributed by atoms with Crippen LogP contribution < -0.4 is 16.0 Å². The van der Waals surface area contributed by atoms with Crippen molar-refractivity contribution in [2.75, 3.05) is 6.54 Å². The lowest BCUT2D eigenvalue weighted by Crippen LogP contribution is -2.44. The first-order valence-electron chi connectivity index (χ1n) is 14.0. The maximum atomic E-state index is 14.0. The first-order valence-corrected chi connectivity index (χ1v) is 14.7. The molecule has 38 heavy (non-hydrogen) atoms. The zero-order valence-electron chi connectivity index (χ0n) is 22.3. The molecule has 2 fully saturated rings. The van der Waals surface area contributed by atoms with Crippen LogP contribution >= 0.6 is 15.9 Å². The topological polar surface area (TPSA) is 97.3 Å². The van der Waals surface area contributed by atoms with Gasteiger partial charge in [0.1, 0.15) is 5.54 Å². The first-order chi connectivity index (χ1) is 18.4. The highest BCUT2D eigenvalue weighted by Gasteiger charge is 2.50. The standard InChI is InChI=1S/C30H40BrN5O2/c1-2-3-18-33-29(38)34-20-23-12-14-24(15-13-23)21-36-27(37)30(35-28(36)32,25-10-7-11-26(31)19-25)17-16-22-8-5-4-6-9-22/h7,10-15,19,22H,2-6,8-9,16-18,20-21H2,1H3,(H2,32,35)(H2,33,34,38). The van der Waals surface area contributed by atoms with Gasteiger partial charge in [-0.1, -0.05) is 97.8 Å². The zero-order chi connectivity index (χ0) is 27.0. The molecule has 1 heterocycles. The second kappa shape index (κ2) is 13.3. The lowest BCUT2D eigenvalue weighted by Gasteiger charge is -2.31. The molecule has 2 aromatic rings. The van der Waals surface area contributed by atoms with E-state index in [0.717, 1.165) is 40.4 Å². The summed E-state index contributed by atoms with van der Waals surface area (Å²) in [5.41, 5.74) is 1.90. The zero-order valence-corrected chi connectivity index (χ0v) is 23.9. The summed E-state index contributed by atoms with van der Waals surface area (Å²) in [4.78, 5) is 27.5. The van der Waals surface area contributed by atoms with E-state index in [2.05, 4.69) is 38.8 Å². The van der Waals surface area contributed by atoms with E-state index in [1.54, 1.807) is 4.90 Å². The summed E-state index contributed by atoms with van der Waals surface area (Å²) in [6.07, 6.45) is 9.96. The van der Waals surface area contributed by atoms with Gasteiger partial charge in [-0.15, -0.1) is 0 Å². The second-order valence-electron chi connectivity index (χ2n) is 10.6. The van der Waals surface area contributed by atoms with Gasteiger partial charge in [0.25, 0.3) is 5.91 Å². The monoisotopic (exact) mass is 581 g/mol. The van der Waals surface area contributed by atoms with Gasteiger partial charge in [-0.05, 0) is 54.0 Å². The Hall–Kier alpha value is -2.87. The molecule has 1 aliphatic carbocycles. The van der Waals surface area contributed by atoms with Crippen molar-refractivity contribution in [2.45, 2.75) is 83.3 Å². The fourth-order valence-electron chi connectivity index (χ4n) is 5.53. The SMILES string of the molecule is CCCCNC(=O)NCc1ccc(CN2C(=N)NC(CCC3CCCCC3)(c3cccc(Br)c3)C2=O)cc1. The maximum absolute atomic E-state index is 14.0. The van der Waals surface area contributed by atoms with Crippen molar-refractivity contribution in [3.05, 3.63) is 69.7 Å². The molecule has 204 valence electrons. The van der Waals surface area contributed by atoms with Crippen LogP contribution in [0.15, 0.2) is 53.0 Å². The summed E-state index contributed by atoms with van der Waals surface area (Å²) < 4.78 is 0.926. The normalized spacial score (nSPS) is 19.9. The number of nitrogens with one attached hydrogen (secondary N) is 4. The molecular formula is C30H40BrN5O2. The van der Waals surface area contributed by atoms with E-state index in [9.17, 15) is 9.59 Å². The van der Waals surface area contributed by atoms with Crippen LogP contribution in [0.25, 0.3) is 0 Å². The van der Waals surface area contributed by atoms with E-state index < -0.39 is 5.54 Å². The van der Waals surface area contributed by atoms with Gasteiger partial charge in [-0.3, -0.25) is 15.1 Å². The number of rotatable bonds is 11. The van der Waals surface area contributed by atoms with Crippen LogP contribution in [-0.2, 0) is 23.4 Å². The summed E-state index contributed by atoms with van der Waals surface area (Å²) >= 11 is 3.57. The molecule has 1 unspecified atom stereocenters.